The van der Waals surface area contributed by atoms with Crippen molar-refractivity contribution in [1.29, 1.82) is 0 Å². The summed E-state index contributed by atoms with van der Waals surface area (Å²) in [4.78, 5) is 1.31. The van der Waals surface area contributed by atoms with Crippen LogP contribution in [0.25, 0.3) is 0 Å². The van der Waals surface area contributed by atoms with Gasteiger partial charge in [-0.1, -0.05) is 22.0 Å². The monoisotopic (exact) mass is 343 g/mol. The topological polar surface area (TPSA) is 3.24 Å². The summed E-state index contributed by atoms with van der Waals surface area (Å²) >= 11 is 9.02. The van der Waals surface area contributed by atoms with E-state index in [0.29, 0.717) is 11.6 Å². The molecule has 6 heteroatoms. The van der Waals surface area contributed by atoms with Crippen LogP contribution in [-0.2, 0) is 5.88 Å². The lowest BCUT2D eigenvalue weighted by molar-refractivity contribution is -0.120. The van der Waals surface area contributed by atoms with Gasteiger partial charge in [-0.25, -0.2) is 0 Å². The van der Waals surface area contributed by atoms with Crippen molar-refractivity contribution >= 4 is 33.2 Å². The summed E-state index contributed by atoms with van der Waals surface area (Å²) in [7, 11) is 0. The number of hydrogen-bond donors (Lipinski definition) is 0. The molecule has 1 aromatic rings. The second-order valence-electron chi connectivity index (χ2n) is 4.25. The van der Waals surface area contributed by atoms with Crippen molar-refractivity contribution in [2.45, 2.75) is 31.9 Å². The summed E-state index contributed by atoms with van der Waals surface area (Å²) in [6.07, 6.45) is -4.22. The minimum Gasteiger partial charge on any atom is -0.360 e. The molecule has 0 N–H and O–H groups in total. The van der Waals surface area contributed by atoms with Crippen LogP contribution in [0.5, 0.6) is 0 Å². The molecule has 0 aliphatic rings. The van der Waals surface area contributed by atoms with Gasteiger partial charge in [0.05, 0.1) is 0 Å². The number of anilines is 1. The first-order valence-corrected chi connectivity index (χ1v) is 6.75. The van der Waals surface area contributed by atoms with Gasteiger partial charge in [-0.2, -0.15) is 13.2 Å². The van der Waals surface area contributed by atoms with Gasteiger partial charge in [0, 0.05) is 22.1 Å². The Hall–Kier alpha value is -0.420. The molecule has 102 valence electrons. The van der Waals surface area contributed by atoms with Crippen molar-refractivity contribution in [2.75, 3.05) is 11.4 Å². The van der Waals surface area contributed by atoms with Crippen LogP contribution in [-0.4, -0.2) is 18.8 Å². The van der Waals surface area contributed by atoms with Crippen LogP contribution in [0, 0.1) is 0 Å². The highest BCUT2D eigenvalue weighted by molar-refractivity contribution is 9.10. The number of alkyl halides is 4. The highest BCUT2D eigenvalue weighted by Gasteiger charge is 2.32. The maximum absolute atomic E-state index is 12.5. The molecule has 0 fully saturated rings. The molecule has 0 saturated carbocycles. The largest absolute Gasteiger partial charge is 0.405 e. The molecule has 0 radical (unpaired) electrons. The summed E-state index contributed by atoms with van der Waals surface area (Å²) < 4.78 is 38.3. The lowest BCUT2D eigenvalue weighted by Crippen LogP contribution is -2.39. The lowest BCUT2D eigenvalue weighted by Gasteiger charge is -2.30. The molecule has 0 atom stereocenters. The molecule has 18 heavy (non-hydrogen) atoms. The summed E-state index contributed by atoms with van der Waals surface area (Å²) in [6.45, 7) is 2.50. The Morgan fingerprint density at radius 2 is 1.94 bits per heavy atom. The van der Waals surface area contributed by atoms with E-state index in [0.717, 1.165) is 10.0 Å². The van der Waals surface area contributed by atoms with Gasteiger partial charge < -0.3 is 4.90 Å². The minimum atomic E-state index is -4.22. The van der Waals surface area contributed by atoms with Gasteiger partial charge in [0.25, 0.3) is 0 Å². The minimum absolute atomic E-state index is 0.236. The van der Waals surface area contributed by atoms with Crippen LogP contribution in [0.15, 0.2) is 22.7 Å². The van der Waals surface area contributed by atoms with Gasteiger partial charge >= 0.3 is 6.18 Å². The van der Waals surface area contributed by atoms with Gasteiger partial charge in [-0.05, 0) is 31.5 Å². The second kappa shape index (κ2) is 6.15. The van der Waals surface area contributed by atoms with E-state index in [1.165, 1.54) is 4.90 Å². The Kier molecular flexibility index (Phi) is 5.34. The maximum Gasteiger partial charge on any atom is 0.405 e. The smallest absolute Gasteiger partial charge is 0.360 e. The van der Waals surface area contributed by atoms with Gasteiger partial charge in [-0.3, -0.25) is 0 Å². The Balaban J connectivity index is 3.03. The van der Waals surface area contributed by atoms with Gasteiger partial charge in [0.1, 0.15) is 6.54 Å². The first kappa shape index (κ1) is 15.6. The predicted molar refractivity (Wildman–Crippen MR) is 72.2 cm³/mol. The van der Waals surface area contributed by atoms with Gasteiger partial charge in [-0.15, -0.1) is 11.6 Å². The van der Waals surface area contributed by atoms with Crippen LogP contribution in [0.1, 0.15) is 19.4 Å². The zero-order chi connectivity index (χ0) is 13.9. The van der Waals surface area contributed by atoms with E-state index >= 15 is 0 Å². The van der Waals surface area contributed by atoms with Crippen molar-refractivity contribution < 1.29 is 13.2 Å². The molecule has 0 aliphatic heterocycles. The summed E-state index contributed by atoms with van der Waals surface area (Å²) in [5.74, 6) is 0.321. The van der Waals surface area contributed by atoms with Crippen LogP contribution in [0.2, 0.25) is 0 Å². The molecule has 1 rings (SSSR count). The van der Waals surface area contributed by atoms with Crippen molar-refractivity contribution in [3.8, 4) is 0 Å². The maximum atomic E-state index is 12.5. The highest BCUT2D eigenvalue weighted by Crippen LogP contribution is 2.29. The van der Waals surface area contributed by atoms with Crippen LogP contribution < -0.4 is 4.90 Å². The first-order chi connectivity index (χ1) is 8.24. The Morgan fingerprint density at radius 3 is 2.33 bits per heavy atom. The SMILES string of the molecule is CC(C)N(CC(F)(F)F)c1ccc(CCl)c(Br)c1. The Morgan fingerprint density at radius 1 is 1.33 bits per heavy atom. The second-order valence-corrected chi connectivity index (χ2v) is 5.37. The number of benzene rings is 1. The fraction of sp³-hybridized carbons (Fsp3) is 0.500. The Labute approximate surface area is 118 Å². The van der Waals surface area contributed by atoms with Crippen LogP contribution in [0.4, 0.5) is 18.9 Å². The first-order valence-electron chi connectivity index (χ1n) is 5.42. The van der Waals surface area contributed by atoms with Gasteiger partial charge in [0.2, 0.25) is 0 Å². The molecule has 0 bridgehead atoms. The molecule has 0 heterocycles. The molecule has 0 unspecified atom stereocenters. The molecule has 0 spiro atoms. The standard InChI is InChI=1S/C12H14BrClF3N/c1-8(2)18(7-12(15,16)17)10-4-3-9(6-14)11(13)5-10/h3-5,8H,6-7H2,1-2H3. The van der Waals surface area contributed by atoms with Crippen molar-refractivity contribution in [3.63, 3.8) is 0 Å². The normalized spacial score (nSPS) is 12.0. The fourth-order valence-electron chi connectivity index (χ4n) is 1.59. The third-order valence-electron chi connectivity index (χ3n) is 2.49. The predicted octanol–water partition coefficient (Wildman–Crippen LogP) is 4.97. The average Bonchev–Trinajstić information content (AvgIpc) is 2.24. The molecule has 1 aromatic carbocycles. The summed E-state index contributed by atoms with van der Waals surface area (Å²) in [6, 6.07) is 4.83. The molecule has 0 aromatic heterocycles. The van der Waals surface area contributed by atoms with E-state index < -0.39 is 12.7 Å². The Bertz CT molecular complexity index is 407. The molecular weight excluding hydrogens is 330 g/mol. The van der Waals surface area contributed by atoms with Crippen LogP contribution in [0.3, 0.4) is 0 Å². The zero-order valence-electron chi connectivity index (χ0n) is 10.1. The molecular formula is C12H14BrClF3N. The van der Waals surface area contributed by atoms with Gasteiger partial charge in [0.15, 0.2) is 0 Å². The number of nitrogens with zero attached hydrogens (tertiary/aromatic N) is 1. The summed E-state index contributed by atoms with van der Waals surface area (Å²) in [5, 5.41) is 0. The highest BCUT2D eigenvalue weighted by atomic mass is 79.9. The molecule has 0 amide bonds. The fourth-order valence-corrected chi connectivity index (χ4v) is 2.49. The summed E-state index contributed by atoms with van der Waals surface area (Å²) in [5.41, 5.74) is 1.39. The van der Waals surface area contributed by atoms with Crippen molar-refractivity contribution in [2.24, 2.45) is 0 Å². The van der Waals surface area contributed by atoms with E-state index in [2.05, 4.69) is 15.9 Å². The van der Waals surface area contributed by atoms with Crippen LogP contribution >= 0.6 is 27.5 Å². The average molecular weight is 345 g/mol. The van der Waals surface area contributed by atoms with E-state index in [4.69, 9.17) is 11.6 Å². The zero-order valence-corrected chi connectivity index (χ0v) is 12.4. The lowest BCUT2D eigenvalue weighted by atomic mass is 10.2. The third-order valence-corrected chi connectivity index (χ3v) is 3.51. The molecule has 1 nitrogen and oxygen atoms in total. The van der Waals surface area contributed by atoms with Crippen molar-refractivity contribution in [1.82, 2.24) is 0 Å². The number of halogens is 5. The van der Waals surface area contributed by atoms with E-state index in [9.17, 15) is 13.2 Å². The molecule has 0 saturated heterocycles. The van der Waals surface area contributed by atoms with E-state index in [-0.39, 0.29) is 6.04 Å². The van der Waals surface area contributed by atoms with E-state index in [1.807, 2.05) is 0 Å². The number of rotatable bonds is 4. The number of hydrogen-bond acceptors (Lipinski definition) is 1. The van der Waals surface area contributed by atoms with E-state index in [1.54, 1.807) is 32.0 Å². The third kappa shape index (κ3) is 4.35. The molecule has 0 aliphatic carbocycles. The van der Waals surface area contributed by atoms with Crippen molar-refractivity contribution in [3.05, 3.63) is 28.2 Å². The quantitative estimate of drug-likeness (QED) is 0.697.